The maximum Gasteiger partial charge on any atom is 0.274 e. The minimum Gasteiger partial charge on any atom is -0.383 e. The summed E-state index contributed by atoms with van der Waals surface area (Å²) < 4.78 is 5.01. The maximum atomic E-state index is 12.3. The zero-order chi connectivity index (χ0) is 15.1. The highest BCUT2D eigenvalue weighted by atomic mass is 16.5. The predicted molar refractivity (Wildman–Crippen MR) is 75.6 cm³/mol. The lowest BCUT2D eigenvalue weighted by molar-refractivity contribution is -0.121. The lowest BCUT2D eigenvalue weighted by Crippen LogP contribution is -2.38. The minimum atomic E-state index is -0.237. The van der Waals surface area contributed by atoms with E-state index < -0.39 is 0 Å². The van der Waals surface area contributed by atoms with E-state index in [1.807, 2.05) is 0 Å². The molecule has 1 N–H and O–H groups in total. The van der Waals surface area contributed by atoms with Crippen LogP contribution in [0.15, 0.2) is 18.6 Å². The summed E-state index contributed by atoms with van der Waals surface area (Å²) >= 11 is 0. The second-order valence-corrected chi connectivity index (χ2v) is 4.97. The molecule has 0 aliphatic heterocycles. The molecule has 0 spiro atoms. The first-order valence-electron chi connectivity index (χ1n) is 7.04. The average molecular weight is 292 g/mol. The van der Waals surface area contributed by atoms with Crippen LogP contribution >= 0.6 is 0 Å². The Hall–Kier alpha value is -2.02. The number of methoxy groups -OCH3 is 1. The largest absolute Gasteiger partial charge is 0.383 e. The summed E-state index contributed by atoms with van der Waals surface area (Å²) in [5.41, 5.74) is 0.274. The summed E-state index contributed by atoms with van der Waals surface area (Å²) in [6.07, 6.45) is 6.80. The summed E-state index contributed by atoms with van der Waals surface area (Å²) in [5.74, 6) is -0.258. The van der Waals surface area contributed by atoms with Gasteiger partial charge in [0.15, 0.2) is 0 Å². The fraction of sp³-hybridized carbons (Fsp3) is 0.571. The molecule has 1 aliphatic rings. The van der Waals surface area contributed by atoms with Gasteiger partial charge in [0, 0.05) is 45.1 Å². The maximum absolute atomic E-state index is 12.3. The Balaban J connectivity index is 1.89. The highest BCUT2D eigenvalue weighted by molar-refractivity contribution is 5.92. The van der Waals surface area contributed by atoms with Gasteiger partial charge in [-0.15, -0.1) is 0 Å². The SMILES string of the molecule is COCCN(CCC(=O)NC1CC1)C(=O)c1cnccn1. The van der Waals surface area contributed by atoms with Gasteiger partial charge in [-0.3, -0.25) is 14.6 Å². The van der Waals surface area contributed by atoms with Gasteiger partial charge in [-0.25, -0.2) is 4.98 Å². The Morgan fingerprint density at radius 3 is 2.81 bits per heavy atom. The van der Waals surface area contributed by atoms with Crippen LogP contribution in [0.25, 0.3) is 0 Å². The molecular weight excluding hydrogens is 272 g/mol. The molecule has 114 valence electrons. The Labute approximate surface area is 123 Å². The van der Waals surface area contributed by atoms with Gasteiger partial charge in [-0.05, 0) is 12.8 Å². The molecule has 0 unspecified atom stereocenters. The van der Waals surface area contributed by atoms with Crippen molar-refractivity contribution < 1.29 is 14.3 Å². The lowest BCUT2D eigenvalue weighted by atomic mass is 10.3. The van der Waals surface area contributed by atoms with E-state index in [9.17, 15) is 9.59 Å². The normalized spacial score (nSPS) is 13.8. The van der Waals surface area contributed by atoms with Crippen molar-refractivity contribution >= 4 is 11.8 Å². The molecule has 7 nitrogen and oxygen atoms in total. The Kier molecular flexibility index (Phi) is 5.62. The number of rotatable bonds is 8. The van der Waals surface area contributed by atoms with Crippen molar-refractivity contribution in [2.24, 2.45) is 0 Å². The zero-order valence-corrected chi connectivity index (χ0v) is 12.1. The van der Waals surface area contributed by atoms with E-state index in [1.54, 1.807) is 12.0 Å². The first kappa shape index (κ1) is 15.4. The van der Waals surface area contributed by atoms with Crippen LogP contribution in [0.1, 0.15) is 29.8 Å². The third kappa shape index (κ3) is 5.11. The van der Waals surface area contributed by atoms with Gasteiger partial charge in [-0.2, -0.15) is 0 Å². The van der Waals surface area contributed by atoms with E-state index in [-0.39, 0.29) is 23.9 Å². The van der Waals surface area contributed by atoms with Crippen LogP contribution in [-0.4, -0.2) is 59.5 Å². The number of carbonyl (C=O) groups excluding carboxylic acids is 2. The number of hydrogen-bond acceptors (Lipinski definition) is 5. The topological polar surface area (TPSA) is 84.4 Å². The highest BCUT2D eigenvalue weighted by Crippen LogP contribution is 2.18. The van der Waals surface area contributed by atoms with Crippen molar-refractivity contribution in [3.05, 3.63) is 24.3 Å². The third-order valence-electron chi connectivity index (χ3n) is 3.19. The van der Waals surface area contributed by atoms with Crippen molar-refractivity contribution in [2.75, 3.05) is 26.8 Å². The molecular formula is C14H20N4O3. The molecule has 0 saturated heterocycles. The quantitative estimate of drug-likeness (QED) is 0.741. The molecule has 2 rings (SSSR count). The summed E-state index contributed by atoms with van der Waals surface area (Å²) in [6, 6.07) is 0.334. The van der Waals surface area contributed by atoms with Gasteiger partial charge in [0.1, 0.15) is 5.69 Å². The van der Waals surface area contributed by atoms with Gasteiger partial charge in [0.05, 0.1) is 12.8 Å². The summed E-state index contributed by atoms with van der Waals surface area (Å²) in [7, 11) is 1.57. The molecule has 1 aliphatic carbocycles. The number of nitrogens with one attached hydrogen (secondary N) is 1. The molecule has 0 atom stereocenters. The van der Waals surface area contributed by atoms with Crippen LogP contribution < -0.4 is 5.32 Å². The molecule has 7 heteroatoms. The lowest BCUT2D eigenvalue weighted by Gasteiger charge is -2.21. The van der Waals surface area contributed by atoms with E-state index in [4.69, 9.17) is 4.74 Å². The fourth-order valence-electron chi connectivity index (χ4n) is 1.85. The number of hydrogen-bond donors (Lipinski definition) is 1. The molecule has 1 aromatic heterocycles. The van der Waals surface area contributed by atoms with E-state index in [2.05, 4.69) is 15.3 Å². The Morgan fingerprint density at radius 2 is 2.19 bits per heavy atom. The Morgan fingerprint density at radius 1 is 1.38 bits per heavy atom. The number of ether oxygens (including phenoxy) is 1. The molecule has 0 radical (unpaired) electrons. The van der Waals surface area contributed by atoms with Gasteiger partial charge < -0.3 is 15.0 Å². The molecule has 21 heavy (non-hydrogen) atoms. The number of carbonyl (C=O) groups is 2. The monoisotopic (exact) mass is 292 g/mol. The Bertz CT molecular complexity index is 476. The summed E-state index contributed by atoms with van der Waals surface area (Å²) in [6.45, 7) is 1.18. The van der Waals surface area contributed by atoms with Gasteiger partial charge in [0.25, 0.3) is 5.91 Å². The van der Waals surface area contributed by atoms with Crippen molar-refractivity contribution in [1.29, 1.82) is 0 Å². The van der Waals surface area contributed by atoms with E-state index in [1.165, 1.54) is 18.6 Å². The molecule has 0 aromatic carbocycles. The molecule has 1 fully saturated rings. The molecule has 1 aromatic rings. The predicted octanol–water partition coefficient (Wildman–Crippen LogP) is 0.234. The van der Waals surface area contributed by atoms with Crippen LogP contribution in [0.3, 0.4) is 0 Å². The molecule has 1 saturated carbocycles. The number of nitrogens with zero attached hydrogens (tertiary/aromatic N) is 3. The number of amides is 2. The van der Waals surface area contributed by atoms with E-state index in [0.717, 1.165) is 12.8 Å². The molecule has 2 amide bonds. The fourth-order valence-corrected chi connectivity index (χ4v) is 1.85. The standard InChI is InChI=1S/C14H20N4O3/c1-21-9-8-18(7-4-13(19)17-11-2-3-11)14(20)12-10-15-5-6-16-12/h5-6,10-11H,2-4,7-9H2,1H3,(H,17,19). The van der Waals surface area contributed by atoms with Crippen LogP contribution in [0.5, 0.6) is 0 Å². The second kappa shape index (κ2) is 7.68. The second-order valence-electron chi connectivity index (χ2n) is 4.97. The van der Waals surface area contributed by atoms with Crippen molar-refractivity contribution in [1.82, 2.24) is 20.2 Å². The van der Waals surface area contributed by atoms with Crippen LogP contribution in [0, 0.1) is 0 Å². The summed E-state index contributed by atoms with van der Waals surface area (Å²) in [4.78, 5) is 33.5. The van der Waals surface area contributed by atoms with E-state index in [0.29, 0.717) is 25.7 Å². The average Bonchev–Trinajstić information content (AvgIpc) is 3.31. The van der Waals surface area contributed by atoms with Crippen LogP contribution in [0.4, 0.5) is 0 Å². The van der Waals surface area contributed by atoms with Crippen LogP contribution in [-0.2, 0) is 9.53 Å². The van der Waals surface area contributed by atoms with Gasteiger partial charge in [0.2, 0.25) is 5.91 Å². The summed E-state index contributed by atoms with van der Waals surface area (Å²) in [5, 5.41) is 2.91. The van der Waals surface area contributed by atoms with Gasteiger partial charge >= 0.3 is 0 Å². The van der Waals surface area contributed by atoms with Gasteiger partial charge in [-0.1, -0.05) is 0 Å². The van der Waals surface area contributed by atoms with Crippen LogP contribution in [0.2, 0.25) is 0 Å². The van der Waals surface area contributed by atoms with Crippen molar-refractivity contribution in [3.63, 3.8) is 0 Å². The van der Waals surface area contributed by atoms with E-state index >= 15 is 0 Å². The third-order valence-corrected chi connectivity index (χ3v) is 3.19. The number of aromatic nitrogens is 2. The first-order chi connectivity index (χ1) is 10.2. The molecule has 1 heterocycles. The minimum absolute atomic E-state index is 0.0214. The van der Waals surface area contributed by atoms with Crippen molar-refractivity contribution in [2.45, 2.75) is 25.3 Å². The smallest absolute Gasteiger partial charge is 0.274 e. The van der Waals surface area contributed by atoms with Crippen molar-refractivity contribution in [3.8, 4) is 0 Å². The molecule has 0 bridgehead atoms. The highest BCUT2D eigenvalue weighted by Gasteiger charge is 2.24. The zero-order valence-electron chi connectivity index (χ0n) is 12.1. The first-order valence-corrected chi connectivity index (χ1v) is 7.04.